The minimum absolute atomic E-state index is 0.0589. The van der Waals surface area contributed by atoms with E-state index in [0.717, 1.165) is 11.3 Å². The number of para-hydroxylation sites is 1. The molecule has 0 atom stereocenters. The fraction of sp³-hybridized carbons (Fsp3) is 0.300. The van der Waals surface area contributed by atoms with E-state index in [2.05, 4.69) is 10.3 Å². The fourth-order valence-electron chi connectivity index (χ4n) is 3.61. The van der Waals surface area contributed by atoms with Gasteiger partial charge in [0.15, 0.2) is 0 Å². The molecular weight excluding hydrogens is 403 g/mol. The maximum absolute atomic E-state index is 12.5. The zero-order valence-corrected chi connectivity index (χ0v) is 15.6. The zero-order chi connectivity index (χ0) is 21.9. The lowest BCUT2D eigenvalue weighted by atomic mass is 9.73. The molecule has 1 fully saturated rings. The summed E-state index contributed by atoms with van der Waals surface area (Å²) < 4.78 is 31.7. The number of aromatic nitrogens is 1. The van der Waals surface area contributed by atoms with E-state index < -0.39 is 17.6 Å². The van der Waals surface area contributed by atoms with Crippen molar-refractivity contribution in [1.82, 2.24) is 9.88 Å². The minimum atomic E-state index is -5.08. The number of nitrogens with zero attached hydrogens (tertiary/aromatic N) is 2. The number of halogens is 3. The molecular formula is C20H18F3N3O4. The summed E-state index contributed by atoms with van der Waals surface area (Å²) in [6.07, 6.45) is -2.16. The van der Waals surface area contributed by atoms with E-state index in [1.54, 1.807) is 23.2 Å². The molecule has 4 rings (SSSR count). The molecule has 1 spiro atoms. The molecule has 7 nitrogen and oxygen atoms in total. The van der Waals surface area contributed by atoms with Gasteiger partial charge in [0.1, 0.15) is 5.69 Å². The van der Waals surface area contributed by atoms with Crippen molar-refractivity contribution in [2.75, 3.05) is 18.4 Å². The second-order valence-corrected chi connectivity index (χ2v) is 6.89. The van der Waals surface area contributed by atoms with Gasteiger partial charge in [0, 0.05) is 25.0 Å². The molecule has 0 aliphatic carbocycles. The number of carbonyl (C=O) groups excluding carboxylic acids is 2. The van der Waals surface area contributed by atoms with Crippen LogP contribution in [0.2, 0.25) is 0 Å². The number of aliphatic carboxylic acids is 1. The number of hydrogen-bond acceptors (Lipinski definition) is 4. The number of nitrogens with one attached hydrogen (secondary N) is 1. The second-order valence-electron chi connectivity index (χ2n) is 6.89. The number of fused-ring (bicyclic) bond motifs is 2. The first kappa shape index (κ1) is 21.3. The molecule has 2 N–H and O–H groups in total. The van der Waals surface area contributed by atoms with E-state index in [1.165, 1.54) is 0 Å². The molecule has 2 amide bonds. The van der Waals surface area contributed by atoms with Crippen molar-refractivity contribution in [2.24, 2.45) is 0 Å². The molecule has 158 valence electrons. The zero-order valence-electron chi connectivity index (χ0n) is 15.6. The van der Waals surface area contributed by atoms with Crippen molar-refractivity contribution in [2.45, 2.75) is 24.4 Å². The number of hydrogen-bond donors (Lipinski definition) is 2. The van der Waals surface area contributed by atoms with Crippen LogP contribution in [0.4, 0.5) is 18.9 Å². The smallest absolute Gasteiger partial charge is 0.475 e. The highest BCUT2D eigenvalue weighted by Crippen LogP contribution is 2.44. The highest BCUT2D eigenvalue weighted by Gasteiger charge is 2.48. The molecule has 10 heteroatoms. The van der Waals surface area contributed by atoms with Gasteiger partial charge in [-0.25, -0.2) is 4.79 Å². The van der Waals surface area contributed by atoms with Gasteiger partial charge < -0.3 is 15.3 Å². The number of piperidine rings is 1. The van der Waals surface area contributed by atoms with Crippen LogP contribution < -0.4 is 5.32 Å². The van der Waals surface area contributed by atoms with Gasteiger partial charge in [0.2, 0.25) is 5.91 Å². The Kier molecular flexibility index (Phi) is 5.77. The van der Waals surface area contributed by atoms with Crippen LogP contribution in [0.25, 0.3) is 0 Å². The Morgan fingerprint density at radius 2 is 1.67 bits per heavy atom. The predicted molar refractivity (Wildman–Crippen MR) is 99.8 cm³/mol. The van der Waals surface area contributed by atoms with Gasteiger partial charge in [0.25, 0.3) is 5.91 Å². The summed E-state index contributed by atoms with van der Waals surface area (Å²) in [4.78, 5) is 39.8. The van der Waals surface area contributed by atoms with Gasteiger partial charge in [-0.05, 0) is 36.6 Å². The Morgan fingerprint density at radius 1 is 1.07 bits per heavy atom. The number of carboxylic acids is 1. The van der Waals surface area contributed by atoms with Crippen molar-refractivity contribution < 1.29 is 32.7 Å². The molecule has 2 aliphatic heterocycles. The van der Waals surface area contributed by atoms with E-state index in [9.17, 15) is 22.8 Å². The van der Waals surface area contributed by atoms with Crippen LogP contribution in [0.1, 0.15) is 28.9 Å². The van der Waals surface area contributed by atoms with Crippen molar-refractivity contribution >= 4 is 23.5 Å². The van der Waals surface area contributed by atoms with Crippen LogP contribution in [-0.4, -0.2) is 52.0 Å². The molecule has 30 heavy (non-hydrogen) atoms. The topological polar surface area (TPSA) is 99.6 Å². The van der Waals surface area contributed by atoms with Crippen molar-refractivity contribution in [3.63, 3.8) is 0 Å². The second kappa shape index (κ2) is 8.13. The molecule has 1 saturated heterocycles. The van der Waals surface area contributed by atoms with Crippen LogP contribution in [0.5, 0.6) is 0 Å². The number of benzene rings is 1. The number of carbonyl (C=O) groups is 3. The largest absolute Gasteiger partial charge is 0.490 e. The number of pyridine rings is 1. The Morgan fingerprint density at radius 3 is 2.23 bits per heavy atom. The highest BCUT2D eigenvalue weighted by molar-refractivity contribution is 6.06. The lowest BCUT2D eigenvalue weighted by molar-refractivity contribution is -0.192. The van der Waals surface area contributed by atoms with E-state index >= 15 is 0 Å². The van der Waals surface area contributed by atoms with Gasteiger partial charge >= 0.3 is 12.1 Å². The molecule has 3 heterocycles. The minimum Gasteiger partial charge on any atom is -0.475 e. The Balaban J connectivity index is 0.000000318. The van der Waals surface area contributed by atoms with Crippen molar-refractivity contribution in [3.05, 3.63) is 59.9 Å². The van der Waals surface area contributed by atoms with Crippen LogP contribution in [0.3, 0.4) is 0 Å². The molecule has 0 saturated carbocycles. The lowest BCUT2D eigenvalue weighted by Crippen LogP contribution is -2.48. The average molecular weight is 421 g/mol. The number of carboxylic acid groups (broad SMARTS) is 1. The molecule has 1 aromatic carbocycles. The third kappa shape index (κ3) is 4.12. The van der Waals surface area contributed by atoms with Gasteiger partial charge in [-0.15, -0.1) is 0 Å². The summed E-state index contributed by atoms with van der Waals surface area (Å²) in [5.74, 6) is -2.76. The number of rotatable bonds is 1. The van der Waals surface area contributed by atoms with Crippen molar-refractivity contribution in [3.8, 4) is 0 Å². The fourth-order valence-corrected chi connectivity index (χ4v) is 3.61. The van der Waals surface area contributed by atoms with Gasteiger partial charge in [-0.2, -0.15) is 13.2 Å². The summed E-state index contributed by atoms with van der Waals surface area (Å²) >= 11 is 0. The number of anilines is 1. The molecule has 0 bridgehead atoms. The first-order valence-electron chi connectivity index (χ1n) is 9.06. The first-order chi connectivity index (χ1) is 14.1. The van der Waals surface area contributed by atoms with Crippen LogP contribution >= 0.6 is 0 Å². The monoisotopic (exact) mass is 421 g/mol. The maximum Gasteiger partial charge on any atom is 0.490 e. The number of likely N-dealkylation sites (tertiary alicyclic amines) is 1. The third-order valence-electron chi connectivity index (χ3n) is 5.16. The van der Waals surface area contributed by atoms with Crippen LogP contribution in [0, 0.1) is 0 Å². The summed E-state index contributed by atoms with van der Waals surface area (Å²) in [6.45, 7) is 1.13. The molecule has 0 radical (unpaired) electrons. The Labute approximate surface area is 169 Å². The average Bonchev–Trinajstić information content (AvgIpc) is 3.00. The normalized spacial score (nSPS) is 16.9. The molecule has 1 aromatic heterocycles. The van der Waals surface area contributed by atoms with Gasteiger partial charge in [-0.1, -0.05) is 24.3 Å². The van der Waals surface area contributed by atoms with Gasteiger partial charge in [0.05, 0.1) is 5.41 Å². The first-order valence-corrected chi connectivity index (χ1v) is 9.06. The van der Waals surface area contributed by atoms with Crippen LogP contribution in [0.15, 0.2) is 48.7 Å². The van der Waals surface area contributed by atoms with E-state index in [4.69, 9.17) is 9.90 Å². The highest BCUT2D eigenvalue weighted by atomic mass is 19.4. The SMILES string of the molecule is O=C(O)C(F)(F)F.O=C(c1ccccn1)N1CCC2(CC1)C(=O)Nc1ccccc12. The standard InChI is InChI=1S/C18H17N3O2.C2HF3O2/c22-16(15-7-3-4-10-19-15)21-11-8-18(9-12-21)13-5-1-2-6-14(13)20-17(18)23;3-2(4,5)1(6)7/h1-7,10H,8-9,11-12H2,(H,20,23);(H,6,7). The number of amides is 2. The summed E-state index contributed by atoms with van der Waals surface area (Å²) in [5.41, 5.74) is 1.94. The van der Waals surface area contributed by atoms with Gasteiger partial charge in [-0.3, -0.25) is 14.6 Å². The Bertz CT molecular complexity index is 955. The summed E-state index contributed by atoms with van der Waals surface area (Å²) in [6, 6.07) is 13.2. The summed E-state index contributed by atoms with van der Waals surface area (Å²) in [7, 11) is 0. The molecule has 0 unspecified atom stereocenters. The Hall–Kier alpha value is -3.43. The predicted octanol–water partition coefficient (Wildman–Crippen LogP) is 2.84. The quantitative estimate of drug-likeness (QED) is 0.738. The number of alkyl halides is 3. The van der Waals surface area contributed by atoms with E-state index in [1.807, 2.05) is 30.3 Å². The molecule has 2 aromatic rings. The van der Waals surface area contributed by atoms with Crippen molar-refractivity contribution in [1.29, 1.82) is 0 Å². The molecule has 2 aliphatic rings. The van der Waals surface area contributed by atoms with E-state index in [0.29, 0.717) is 31.6 Å². The van der Waals surface area contributed by atoms with Crippen LogP contribution in [-0.2, 0) is 15.0 Å². The lowest BCUT2D eigenvalue weighted by Gasteiger charge is -2.37. The van der Waals surface area contributed by atoms with E-state index in [-0.39, 0.29) is 11.8 Å². The maximum atomic E-state index is 12.5. The summed E-state index contributed by atoms with van der Waals surface area (Å²) in [5, 5.41) is 10.1. The third-order valence-corrected chi connectivity index (χ3v) is 5.16.